The number of rotatable bonds is 8. The third-order valence-corrected chi connectivity index (χ3v) is 2.71. The van der Waals surface area contributed by atoms with Crippen LogP contribution in [-0.4, -0.2) is 55.7 Å². The summed E-state index contributed by atoms with van der Waals surface area (Å²) in [6, 6.07) is 0. The third kappa shape index (κ3) is 15.4. The molecule has 0 aromatic heterocycles. The number of carbonyl (C=O) groups excluding carboxylic acids is 1. The van der Waals surface area contributed by atoms with Crippen LogP contribution in [0.2, 0.25) is 0 Å². The summed E-state index contributed by atoms with van der Waals surface area (Å²) in [6.45, 7) is 15.3. The highest BCUT2D eigenvalue weighted by Gasteiger charge is 2.15. The van der Waals surface area contributed by atoms with Gasteiger partial charge in [0.05, 0.1) is 0 Å². The Morgan fingerprint density at radius 1 is 1.05 bits per heavy atom. The average molecular weight is 303 g/mol. The Bertz CT molecular complexity index is 245. The molecule has 0 rings (SSSR count). The number of likely N-dealkylation sites (N-methyl/N-ethyl adjacent to an activating group) is 1. The summed E-state index contributed by atoms with van der Waals surface area (Å²) >= 11 is 0. The van der Waals surface area contributed by atoms with Crippen LogP contribution in [0, 0.1) is 5.92 Å². The van der Waals surface area contributed by atoms with E-state index in [0.717, 1.165) is 32.5 Å². The normalized spacial score (nSPS) is 11.9. The lowest BCUT2D eigenvalue weighted by Crippen LogP contribution is -2.37. The van der Waals surface area contributed by atoms with Crippen molar-refractivity contribution in [3.8, 4) is 0 Å². The SMILES string of the molecule is CCC.CCCCN(C)C(=O)O[C@@H](C)CN(C)CC(C)C. The lowest BCUT2D eigenvalue weighted by molar-refractivity contribution is 0.0593. The molecule has 0 aliphatic heterocycles. The Kier molecular flexibility index (Phi) is 15.2. The second kappa shape index (κ2) is 14.2. The van der Waals surface area contributed by atoms with Crippen molar-refractivity contribution in [2.75, 3.05) is 33.7 Å². The molecule has 0 unspecified atom stereocenters. The lowest BCUT2D eigenvalue weighted by atomic mass is 10.2. The third-order valence-electron chi connectivity index (χ3n) is 2.71. The Balaban J connectivity index is 0. The highest BCUT2D eigenvalue weighted by molar-refractivity contribution is 5.67. The van der Waals surface area contributed by atoms with Gasteiger partial charge in [-0.1, -0.05) is 47.5 Å². The van der Waals surface area contributed by atoms with Crippen molar-refractivity contribution in [3.63, 3.8) is 0 Å². The van der Waals surface area contributed by atoms with E-state index in [1.807, 2.05) is 6.92 Å². The molecule has 0 spiro atoms. The second-order valence-corrected chi connectivity index (χ2v) is 6.29. The van der Waals surface area contributed by atoms with Crippen LogP contribution < -0.4 is 0 Å². The molecule has 0 heterocycles. The highest BCUT2D eigenvalue weighted by Crippen LogP contribution is 2.03. The molecule has 0 bridgehead atoms. The van der Waals surface area contributed by atoms with E-state index >= 15 is 0 Å². The first kappa shape index (κ1) is 22.5. The smallest absolute Gasteiger partial charge is 0.409 e. The first-order chi connectivity index (χ1) is 9.78. The molecule has 0 saturated heterocycles. The predicted octanol–water partition coefficient (Wildman–Crippen LogP) is 4.25. The van der Waals surface area contributed by atoms with Crippen molar-refractivity contribution in [1.82, 2.24) is 9.80 Å². The van der Waals surface area contributed by atoms with Gasteiger partial charge in [0.2, 0.25) is 0 Å². The first-order valence-electron chi connectivity index (χ1n) is 8.38. The molecule has 0 aromatic carbocycles. The summed E-state index contributed by atoms with van der Waals surface area (Å²) in [5, 5.41) is 0. The number of nitrogens with zero attached hydrogens (tertiary/aromatic N) is 2. The molecule has 128 valence electrons. The fourth-order valence-corrected chi connectivity index (χ4v) is 1.92. The van der Waals surface area contributed by atoms with Crippen LogP contribution in [0.25, 0.3) is 0 Å². The minimum Gasteiger partial charge on any atom is -0.445 e. The Labute approximate surface area is 132 Å². The van der Waals surface area contributed by atoms with Gasteiger partial charge >= 0.3 is 6.09 Å². The van der Waals surface area contributed by atoms with Crippen LogP contribution in [0.5, 0.6) is 0 Å². The van der Waals surface area contributed by atoms with E-state index in [0.29, 0.717) is 5.92 Å². The maximum absolute atomic E-state index is 11.7. The summed E-state index contributed by atoms with van der Waals surface area (Å²) in [6.07, 6.45) is 3.08. The minimum atomic E-state index is -0.214. The second-order valence-electron chi connectivity index (χ2n) is 6.29. The maximum Gasteiger partial charge on any atom is 0.409 e. The summed E-state index contributed by atoms with van der Waals surface area (Å²) in [7, 11) is 3.85. The molecule has 4 heteroatoms. The molecule has 0 fully saturated rings. The van der Waals surface area contributed by atoms with E-state index in [2.05, 4.69) is 46.6 Å². The summed E-state index contributed by atoms with van der Waals surface area (Å²) < 4.78 is 5.41. The molecule has 0 aliphatic rings. The summed E-state index contributed by atoms with van der Waals surface area (Å²) in [5.41, 5.74) is 0. The fourth-order valence-electron chi connectivity index (χ4n) is 1.92. The van der Waals surface area contributed by atoms with E-state index in [1.165, 1.54) is 6.42 Å². The lowest BCUT2D eigenvalue weighted by Gasteiger charge is -2.25. The van der Waals surface area contributed by atoms with Crippen molar-refractivity contribution < 1.29 is 9.53 Å². The minimum absolute atomic E-state index is 0.0645. The molecule has 0 saturated carbocycles. The molecular weight excluding hydrogens is 264 g/mol. The quantitative estimate of drug-likeness (QED) is 0.672. The molecule has 0 N–H and O–H groups in total. The van der Waals surface area contributed by atoms with E-state index in [9.17, 15) is 4.79 Å². The van der Waals surface area contributed by atoms with Gasteiger partial charge in [-0.3, -0.25) is 0 Å². The Morgan fingerprint density at radius 2 is 1.57 bits per heavy atom. The van der Waals surface area contributed by atoms with E-state index in [4.69, 9.17) is 4.74 Å². The summed E-state index contributed by atoms with van der Waals surface area (Å²) in [5.74, 6) is 0.630. The van der Waals surface area contributed by atoms with Crippen molar-refractivity contribution in [3.05, 3.63) is 0 Å². The Morgan fingerprint density at radius 3 is 2.00 bits per heavy atom. The highest BCUT2D eigenvalue weighted by atomic mass is 16.6. The van der Waals surface area contributed by atoms with Crippen LogP contribution in [0.15, 0.2) is 0 Å². The molecule has 0 radical (unpaired) electrons. The summed E-state index contributed by atoms with van der Waals surface area (Å²) in [4.78, 5) is 15.6. The molecule has 0 aliphatic carbocycles. The largest absolute Gasteiger partial charge is 0.445 e. The van der Waals surface area contributed by atoms with Crippen LogP contribution in [0.1, 0.15) is 60.8 Å². The van der Waals surface area contributed by atoms with Crippen LogP contribution in [-0.2, 0) is 4.74 Å². The zero-order valence-corrected chi connectivity index (χ0v) is 15.6. The van der Waals surface area contributed by atoms with Crippen LogP contribution >= 0.6 is 0 Å². The van der Waals surface area contributed by atoms with E-state index in [1.54, 1.807) is 11.9 Å². The van der Waals surface area contributed by atoms with Gasteiger partial charge in [0.25, 0.3) is 0 Å². The number of hydrogen-bond acceptors (Lipinski definition) is 3. The van der Waals surface area contributed by atoms with Gasteiger partial charge in [-0.05, 0) is 26.3 Å². The van der Waals surface area contributed by atoms with Gasteiger partial charge in [0.15, 0.2) is 0 Å². The van der Waals surface area contributed by atoms with Crippen molar-refractivity contribution >= 4 is 6.09 Å². The molecule has 1 amide bonds. The molecule has 21 heavy (non-hydrogen) atoms. The van der Waals surface area contributed by atoms with Crippen LogP contribution in [0.3, 0.4) is 0 Å². The molecule has 4 nitrogen and oxygen atoms in total. The topological polar surface area (TPSA) is 32.8 Å². The zero-order valence-electron chi connectivity index (χ0n) is 15.6. The van der Waals surface area contributed by atoms with Crippen molar-refractivity contribution in [1.29, 1.82) is 0 Å². The maximum atomic E-state index is 11.7. The standard InChI is InChI=1S/C14H30N2O2.C3H8/c1-7-8-9-16(6)14(17)18-13(4)11-15(5)10-12(2)3;1-3-2/h12-13H,7-11H2,1-6H3;3H2,1-2H3/t13-;/m0./s1. The van der Waals surface area contributed by atoms with Crippen molar-refractivity contribution in [2.45, 2.75) is 66.9 Å². The molecule has 1 atom stereocenters. The monoisotopic (exact) mass is 302 g/mol. The number of carbonyl (C=O) groups is 1. The van der Waals surface area contributed by atoms with Gasteiger partial charge in [-0.25, -0.2) is 4.79 Å². The van der Waals surface area contributed by atoms with Gasteiger partial charge in [0.1, 0.15) is 6.10 Å². The van der Waals surface area contributed by atoms with Crippen LogP contribution in [0.4, 0.5) is 4.79 Å². The number of unbranched alkanes of at least 4 members (excludes halogenated alkanes) is 1. The zero-order chi connectivity index (χ0) is 16.8. The predicted molar refractivity (Wildman–Crippen MR) is 91.8 cm³/mol. The number of amides is 1. The average Bonchev–Trinajstić information content (AvgIpc) is 2.35. The molecular formula is C17H38N2O2. The van der Waals surface area contributed by atoms with E-state index < -0.39 is 0 Å². The first-order valence-corrected chi connectivity index (χ1v) is 8.38. The van der Waals surface area contributed by atoms with Crippen molar-refractivity contribution in [2.24, 2.45) is 5.92 Å². The number of hydrogen-bond donors (Lipinski definition) is 0. The van der Waals surface area contributed by atoms with Gasteiger partial charge in [-0.2, -0.15) is 0 Å². The molecule has 0 aromatic rings. The fraction of sp³-hybridized carbons (Fsp3) is 0.941. The number of ether oxygens (including phenoxy) is 1. The van der Waals surface area contributed by atoms with Gasteiger partial charge in [0, 0.05) is 26.7 Å². The van der Waals surface area contributed by atoms with E-state index in [-0.39, 0.29) is 12.2 Å². The van der Waals surface area contributed by atoms with Gasteiger partial charge in [-0.15, -0.1) is 0 Å². The van der Waals surface area contributed by atoms with Gasteiger partial charge < -0.3 is 14.5 Å². The Hall–Kier alpha value is -0.770.